The van der Waals surface area contributed by atoms with Crippen LogP contribution < -0.4 is 5.32 Å². The van der Waals surface area contributed by atoms with Gasteiger partial charge in [-0.25, -0.2) is 4.39 Å². The molecule has 2 atom stereocenters. The molecular formula is C13H15F4N. The summed E-state index contributed by atoms with van der Waals surface area (Å²) in [6.07, 6.45) is -2.38. The van der Waals surface area contributed by atoms with Crippen molar-refractivity contribution < 1.29 is 17.6 Å². The molecule has 18 heavy (non-hydrogen) atoms. The topological polar surface area (TPSA) is 12.0 Å². The Balaban J connectivity index is 2.22. The minimum absolute atomic E-state index is 0.0477. The summed E-state index contributed by atoms with van der Waals surface area (Å²) in [6, 6.07) is 3.29. The molecule has 1 saturated heterocycles. The predicted molar refractivity (Wildman–Crippen MR) is 60.7 cm³/mol. The molecule has 0 bridgehead atoms. The van der Waals surface area contributed by atoms with Crippen LogP contribution >= 0.6 is 0 Å². The second-order valence-corrected chi connectivity index (χ2v) is 4.85. The van der Waals surface area contributed by atoms with E-state index in [1.165, 1.54) is 6.07 Å². The van der Waals surface area contributed by atoms with Gasteiger partial charge >= 0.3 is 6.18 Å². The van der Waals surface area contributed by atoms with Gasteiger partial charge in [-0.3, -0.25) is 0 Å². The van der Waals surface area contributed by atoms with Crippen LogP contribution in [0.2, 0.25) is 0 Å². The Hall–Kier alpha value is -1.10. The number of rotatable bonds is 2. The quantitative estimate of drug-likeness (QED) is 0.803. The van der Waals surface area contributed by atoms with Gasteiger partial charge in [0.1, 0.15) is 5.82 Å². The molecule has 1 aromatic carbocycles. The zero-order chi connectivity index (χ0) is 13.3. The van der Waals surface area contributed by atoms with E-state index in [9.17, 15) is 17.6 Å². The first-order chi connectivity index (χ1) is 8.36. The standard InChI is InChI=1S/C13H15F4N/c1-8-2-5-11(18-8)6-9-3-4-10(14)7-12(9)13(15,16)17/h3-4,7-8,11,18H,2,5-6H2,1H3. The molecule has 1 nitrogen and oxygen atoms in total. The van der Waals surface area contributed by atoms with Crippen LogP contribution in [0.25, 0.3) is 0 Å². The molecule has 1 aromatic rings. The van der Waals surface area contributed by atoms with E-state index in [2.05, 4.69) is 5.32 Å². The number of hydrogen-bond donors (Lipinski definition) is 1. The molecule has 1 N–H and O–H groups in total. The third kappa shape index (κ3) is 3.02. The van der Waals surface area contributed by atoms with Gasteiger partial charge in [-0.05, 0) is 43.9 Å². The largest absolute Gasteiger partial charge is 0.416 e. The molecule has 100 valence electrons. The lowest BCUT2D eigenvalue weighted by Gasteiger charge is -2.17. The van der Waals surface area contributed by atoms with Crippen molar-refractivity contribution in [2.45, 2.75) is 44.4 Å². The van der Waals surface area contributed by atoms with E-state index in [-0.39, 0.29) is 11.6 Å². The highest BCUT2D eigenvalue weighted by Gasteiger charge is 2.34. The van der Waals surface area contributed by atoms with Crippen molar-refractivity contribution in [2.75, 3.05) is 0 Å². The lowest BCUT2D eigenvalue weighted by atomic mass is 9.99. The fourth-order valence-corrected chi connectivity index (χ4v) is 2.44. The molecule has 0 radical (unpaired) electrons. The Kier molecular flexibility index (Phi) is 3.61. The molecule has 0 saturated carbocycles. The Morgan fingerprint density at radius 2 is 2.00 bits per heavy atom. The van der Waals surface area contributed by atoms with Gasteiger partial charge in [-0.1, -0.05) is 6.07 Å². The number of benzene rings is 1. The summed E-state index contributed by atoms with van der Waals surface area (Å²) in [4.78, 5) is 0. The summed E-state index contributed by atoms with van der Waals surface area (Å²) in [5.74, 6) is -0.848. The fourth-order valence-electron chi connectivity index (χ4n) is 2.44. The van der Waals surface area contributed by atoms with Gasteiger partial charge in [-0.2, -0.15) is 13.2 Å². The molecule has 0 aromatic heterocycles. The van der Waals surface area contributed by atoms with E-state index in [1.807, 2.05) is 6.92 Å². The van der Waals surface area contributed by atoms with E-state index in [1.54, 1.807) is 0 Å². The lowest BCUT2D eigenvalue weighted by Crippen LogP contribution is -2.29. The van der Waals surface area contributed by atoms with Gasteiger partial charge in [0, 0.05) is 12.1 Å². The minimum Gasteiger partial charge on any atom is -0.311 e. The highest BCUT2D eigenvalue weighted by Crippen LogP contribution is 2.33. The van der Waals surface area contributed by atoms with Crippen LogP contribution in [0.1, 0.15) is 30.9 Å². The van der Waals surface area contributed by atoms with Crippen molar-refractivity contribution >= 4 is 0 Å². The summed E-state index contributed by atoms with van der Waals surface area (Å²) in [5, 5.41) is 3.23. The van der Waals surface area contributed by atoms with E-state index < -0.39 is 17.6 Å². The van der Waals surface area contributed by atoms with Gasteiger partial charge < -0.3 is 5.32 Å². The average molecular weight is 261 g/mol. The third-order valence-electron chi connectivity index (χ3n) is 3.31. The summed E-state index contributed by atoms with van der Waals surface area (Å²) in [6.45, 7) is 2.01. The summed E-state index contributed by atoms with van der Waals surface area (Å²) in [7, 11) is 0. The fraction of sp³-hybridized carbons (Fsp3) is 0.538. The van der Waals surface area contributed by atoms with E-state index in [0.29, 0.717) is 18.5 Å². The van der Waals surface area contributed by atoms with Crippen LogP contribution in [0.4, 0.5) is 17.6 Å². The average Bonchev–Trinajstić information content (AvgIpc) is 2.65. The maximum Gasteiger partial charge on any atom is 0.416 e. The Bertz CT molecular complexity index is 427. The van der Waals surface area contributed by atoms with Crippen molar-refractivity contribution in [3.8, 4) is 0 Å². The molecule has 0 spiro atoms. The Morgan fingerprint density at radius 1 is 1.28 bits per heavy atom. The normalized spacial score (nSPS) is 24.5. The maximum absolute atomic E-state index is 12.9. The van der Waals surface area contributed by atoms with Crippen molar-refractivity contribution in [3.05, 3.63) is 35.1 Å². The first kappa shape index (κ1) is 13.3. The summed E-state index contributed by atoms with van der Waals surface area (Å²) < 4.78 is 51.3. The first-order valence-electron chi connectivity index (χ1n) is 5.98. The van der Waals surface area contributed by atoms with Crippen LogP contribution in [-0.2, 0) is 12.6 Å². The molecule has 2 unspecified atom stereocenters. The predicted octanol–water partition coefficient (Wildman–Crippen LogP) is 3.53. The molecule has 0 aliphatic carbocycles. The third-order valence-corrected chi connectivity index (χ3v) is 3.31. The minimum atomic E-state index is -4.50. The molecular weight excluding hydrogens is 246 g/mol. The Labute approximate surface area is 103 Å². The molecule has 1 aliphatic heterocycles. The van der Waals surface area contributed by atoms with Gasteiger partial charge in [0.25, 0.3) is 0 Å². The van der Waals surface area contributed by atoms with E-state index in [4.69, 9.17) is 0 Å². The van der Waals surface area contributed by atoms with Gasteiger partial charge in [0.05, 0.1) is 5.56 Å². The van der Waals surface area contributed by atoms with E-state index in [0.717, 1.165) is 18.9 Å². The monoisotopic (exact) mass is 261 g/mol. The number of hydrogen-bond acceptors (Lipinski definition) is 1. The van der Waals surface area contributed by atoms with Gasteiger partial charge in [0.2, 0.25) is 0 Å². The number of nitrogens with one attached hydrogen (secondary N) is 1. The SMILES string of the molecule is CC1CCC(Cc2ccc(F)cc2C(F)(F)F)N1. The van der Waals surface area contributed by atoms with Crippen LogP contribution in [0.15, 0.2) is 18.2 Å². The molecule has 1 heterocycles. The van der Waals surface area contributed by atoms with Crippen molar-refractivity contribution in [3.63, 3.8) is 0 Å². The van der Waals surface area contributed by atoms with Crippen molar-refractivity contribution in [1.82, 2.24) is 5.32 Å². The molecule has 1 aliphatic rings. The van der Waals surface area contributed by atoms with Crippen LogP contribution in [0.5, 0.6) is 0 Å². The molecule has 5 heteroatoms. The summed E-state index contributed by atoms with van der Waals surface area (Å²) >= 11 is 0. The van der Waals surface area contributed by atoms with Crippen molar-refractivity contribution in [1.29, 1.82) is 0 Å². The maximum atomic E-state index is 12.9. The van der Waals surface area contributed by atoms with Crippen molar-refractivity contribution in [2.24, 2.45) is 0 Å². The van der Waals surface area contributed by atoms with E-state index >= 15 is 0 Å². The highest BCUT2D eigenvalue weighted by atomic mass is 19.4. The van der Waals surface area contributed by atoms with Crippen LogP contribution in [-0.4, -0.2) is 12.1 Å². The smallest absolute Gasteiger partial charge is 0.311 e. The van der Waals surface area contributed by atoms with Gasteiger partial charge in [0.15, 0.2) is 0 Å². The molecule has 2 rings (SSSR count). The second kappa shape index (κ2) is 4.88. The van der Waals surface area contributed by atoms with Crippen LogP contribution in [0, 0.1) is 5.82 Å². The van der Waals surface area contributed by atoms with Crippen LogP contribution in [0.3, 0.4) is 0 Å². The molecule has 0 amide bonds. The number of halogens is 4. The molecule has 1 fully saturated rings. The first-order valence-corrected chi connectivity index (χ1v) is 5.98. The van der Waals surface area contributed by atoms with Gasteiger partial charge in [-0.15, -0.1) is 0 Å². The summed E-state index contributed by atoms with van der Waals surface area (Å²) in [5.41, 5.74) is -0.695. The number of alkyl halides is 3. The zero-order valence-corrected chi connectivity index (χ0v) is 10.0. The zero-order valence-electron chi connectivity index (χ0n) is 10.0. The Morgan fingerprint density at radius 3 is 2.56 bits per heavy atom. The lowest BCUT2D eigenvalue weighted by molar-refractivity contribution is -0.138. The highest BCUT2D eigenvalue weighted by molar-refractivity contribution is 5.31. The second-order valence-electron chi connectivity index (χ2n) is 4.85.